The second-order valence-corrected chi connectivity index (χ2v) is 5.18. The molecule has 1 heterocycles. The van der Waals surface area contributed by atoms with E-state index in [1.165, 1.54) is 0 Å². The number of nitrogens with zero attached hydrogens (tertiary/aromatic N) is 1. The Morgan fingerprint density at radius 1 is 1.38 bits per heavy atom. The van der Waals surface area contributed by atoms with Crippen molar-refractivity contribution in [2.75, 3.05) is 6.61 Å². The number of hydrogen-bond donors (Lipinski definition) is 0. The molecule has 2 heteroatoms. The fourth-order valence-electron chi connectivity index (χ4n) is 2.74. The Kier molecular flexibility index (Phi) is 1.72. The van der Waals surface area contributed by atoms with Gasteiger partial charge >= 0.3 is 0 Å². The Bertz CT molecular complexity index is 262. The second kappa shape index (κ2) is 2.48. The monoisotopic (exact) mass is 179 g/mol. The van der Waals surface area contributed by atoms with E-state index < -0.39 is 0 Å². The summed E-state index contributed by atoms with van der Waals surface area (Å²) in [5.74, 6) is 0.210. The average molecular weight is 179 g/mol. The predicted molar refractivity (Wildman–Crippen MR) is 50.0 cm³/mol. The van der Waals surface area contributed by atoms with E-state index in [2.05, 4.69) is 26.8 Å². The molecule has 3 atom stereocenters. The maximum Gasteiger partial charge on any atom is 0.0868 e. The molecule has 0 spiro atoms. The van der Waals surface area contributed by atoms with E-state index in [-0.39, 0.29) is 16.7 Å². The molecule has 1 unspecified atom stereocenters. The van der Waals surface area contributed by atoms with Crippen molar-refractivity contribution in [3.05, 3.63) is 0 Å². The molecular formula is C11H17NO. The molecule has 1 saturated carbocycles. The lowest BCUT2D eigenvalue weighted by molar-refractivity contribution is 0.0716. The van der Waals surface area contributed by atoms with Crippen molar-refractivity contribution in [2.24, 2.45) is 16.7 Å². The van der Waals surface area contributed by atoms with Gasteiger partial charge < -0.3 is 4.74 Å². The molecule has 1 aliphatic heterocycles. The smallest absolute Gasteiger partial charge is 0.0868 e. The lowest BCUT2D eigenvalue weighted by atomic mass is 9.64. The average Bonchev–Trinajstić information content (AvgIpc) is 2.83. The largest absolute Gasteiger partial charge is 0.373 e. The highest BCUT2D eigenvalue weighted by Gasteiger charge is 2.59. The van der Waals surface area contributed by atoms with E-state index in [4.69, 9.17) is 10.00 Å². The Morgan fingerprint density at radius 3 is 2.38 bits per heavy atom. The molecule has 0 radical (unpaired) electrons. The van der Waals surface area contributed by atoms with Gasteiger partial charge in [0, 0.05) is 5.41 Å². The molecule has 2 aliphatic rings. The van der Waals surface area contributed by atoms with Crippen LogP contribution in [0.25, 0.3) is 0 Å². The van der Waals surface area contributed by atoms with Crippen LogP contribution in [0.15, 0.2) is 0 Å². The molecule has 0 bridgehead atoms. The molecule has 1 saturated heterocycles. The second-order valence-electron chi connectivity index (χ2n) is 5.18. The molecule has 2 rings (SSSR count). The molecule has 2 nitrogen and oxygen atoms in total. The molecular weight excluding hydrogens is 162 g/mol. The van der Waals surface area contributed by atoms with Crippen LogP contribution in [0.4, 0.5) is 0 Å². The summed E-state index contributed by atoms with van der Waals surface area (Å²) in [7, 11) is 0. The van der Waals surface area contributed by atoms with E-state index in [1.54, 1.807) is 0 Å². The van der Waals surface area contributed by atoms with E-state index in [0.29, 0.717) is 6.10 Å². The first-order valence-corrected chi connectivity index (χ1v) is 5.03. The topological polar surface area (TPSA) is 36.3 Å². The zero-order chi connectivity index (χ0) is 9.69. The highest BCUT2D eigenvalue weighted by molar-refractivity contribution is 5.12. The molecule has 0 aromatic rings. The van der Waals surface area contributed by atoms with Gasteiger partial charge in [-0.15, -0.1) is 0 Å². The van der Waals surface area contributed by atoms with Gasteiger partial charge in [0.2, 0.25) is 0 Å². The van der Waals surface area contributed by atoms with Crippen LogP contribution in [-0.2, 0) is 4.74 Å². The third-order valence-corrected chi connectivity index (χ3v) is 4.50. The molecule has 0 aromatic heterocycles. The van der Waals surface area contributed by atoms with Crippen LogP contribution < -0.4 is 0 Å². The third-order valence-electron chi connectivity index (χ3n) is 4.50. The van der Waals surface area contributed by atoms with Crippen LogP contribution in [-0.4, -0.2) is 12.7 Å². The normalized spacial score (nSPS) is 47.2. The molecule has 0 amide bonds. The Balaban J connectivity index is 2.28. The molecule has 2 fully saturated rings. The van der Waals surface area contributed by atoms with Crippen molar-refractivity contribution < 1.29 is 4.74 Å². The minimum absolute atomic E-state index is 0.114. The van der Waals surface area contributed by atoms with E-state index in [1.807, 2.05) is 0 Å². The van der Waals surface area contributed by atoms with Gasteiger partial charge in [0.05, 0.1) is 24.7 Å². The van der Waals surface area contributed by atoms with Crippen molar-refractivity contribution in [3.8, 4) is 6.07 Å². The summed E-state index contributed by atoms with van der Waals surface area (Å²) in [5.41, 5.74) is 0.344. The van der Waals surface area contributed by atoms with Crippen LogP contribution in [0, 0.1) is 28.1 Å². The summed E-state index contributed by atoms with van der Waals surface area (Å²) in [6.45, 7) is 7.62. The number of nitriles is 1. The summed E-state index contributed by atoms with van der Waals surface area (Å²) < 4.78 is 5.41. The summed E-state index contributed by atoms with van der Waals surface area (Å²) >= 11 is 0. The minimum Gasteiger partial charge on any atom is -0.373 e. The first kappa shape index (κ1) is 9.02. The van der Waals surface area contributed by atoms with Crippen molar-refractivity contribution in [3.63, 3.8) is 0 Å². The van der Waals surface area contributed by atoms with E-state index >= 15 is 0 Å². The Labute approximate surface area is 79.9 Å². The molecule has 72 valence electrons. The van der Waals surface area contributed by atoms with Gasteiger partial charge in [0.15, 0.2) is 0 Å². The van der Waals surface area contributed by atoms with Gasteiger partial charge in [-0.2, -0.15) is 5.26 Å². The maximum atomic E-state index is 9.05. The van der Waals surface area contributed by atoms with E-state index in [9.17, 15) is 0 Å². The summed E-state index contributed by atoms with van der Waals surface area (Å²) in [5, 5.41) is 9.05. The predicted octanol–water partition coefficient (Wildman–Crippen LogP) is 2.35. The number of rotatable bonds is 1. The number of epoxide rings is 1. The van der Waals surface area contributed by atoms with Gasteiger partial charge in [-0.05, 0) is 18.3 Å². The van der Waals surface area contributed by atoms with Crippen LogP contribution in [0.3, 0.4) is 0 Å². The molecule has 0 N–H and O–H groups in total. The first-order valence-electron chi connectivity index (χ1n) is 5.03. The zero-order valence-corrected chi connectivity index (χ0v) is 8.63. The first-order chi connectivity index (χ1) is 6.02. The van der Waals surface area contributed by atoms with Crippen molar-refractivity contribution >= 4 is 0 Å². The van der Waals surface area contributed by atoms with Crippen LogP contribution >= 0.6 is 0 Å². The lowest BCUT2D eigenvalue weighted by Crippen LogP contribution is -2.38. The standard InChI is InChI=1S/C11H17NO/c1-10(2)8(6-12)4-5-11(10,3)9-7-13-9/h8-9H,4-5,7H2,1-3H3/t8?,9-,11-/m0/s1. The summed E-state index contributed by atoms with van der Waals surface area (Å²) in [4.78, 5) is 0. The quantitative estimate of drug-likeness (QED) is 0.579. The zero-order valence-electron chi connectivity index (χ0n) is 8.63. The fraction of sp³-hybridized carbons (Fsp3) is 0.909. The third kappa shape index (κ3) is 1.03. The minimum atomic E-state index is 0.114. The Morgan fingerprint density at radius 2 is 2.00 bits per heavy atom. The van der Waals surface area contributed by atoms with E-state index in [0.717, 1.165) is 19.4 Å². The fourth-order valence-corrected chi connectivity index (χ4v) is 2.74. The van der Waals surface area contributed by atoms with Crippen molar-refractivity contribution in [2.45, 2.75) is 39.7 Å². The van der Waals surface area contributed by atoms with Crippen molar-refractivity contribution in [1.29, 1.82) is 5.26 Å². The highest BCUT2D eigenvalue weighted by Crippen LogP contribution is 2.60. The number of ether oxygens (including phenoxy) is 1. The molecule has 13 heavy (non-hydrogen) atoms. The van der Waals surface area contributed by atoms with Gasteiger partial charge in [0.25, 0.3) is 0 Å². The van der Waals surface area contributed by atoms with Gasteiger partial charge in [0.1, 0.15) is 0 Å². The Hall–Kier alpha value is -0.550. The lowest BCUT2D eigenvalue weighted by Gasteiger charge is -2.38. The van der Waals surface area contributed by atoms with Crippen molar-refractivity contribution in [1.82, 2.24) is 0 Å². The van der Waals surface area contributed by atoms with Gasteiger partial charge in [-0.1, -0.05) is 20.8 Å². The molecule has 0 aromatic carbocycles. The van der Waals surface area contributed by atoms with Crippen LogP contribution in [0.2, 0.25) is 0 Å². The molecule has 1 aliphatic carbocycles. The van der Waals surface area contributed by atoms with Crippen LogP contribution in [0.5, 0.6) is 0 Å². The summed E-state index contributed by atoms with van der Waals surface area (Å²) in [6.07, 6.45) is 2.60. The summed E-state index contributed by atoms with van der Waals surface area (Å²) in [6, 6.07) is 2.44. The highest BCUT2D eigenvalue weighted by atomic mass is 16.6. The number of hydrogen-bond acceptors (Lipinski definition) is 2. The van der Waals surface area contributed by atoms with Crippen LogP contribution in [0.1, 0.15) is 33.6 Å². The van der Waals surface area contributed by atoms with Gasteiger partial charge in [-0.25, -0.2) is 0 Å². The maximum absolute atomic E-state index is 9.05. The SMILES string of the molecule is CC1(C)C(C#N)CC[C@@]1(C)[C@@H]1CO1. The van der Waals surface area contributed by atoms with Gasteiger partial charge in [-0.3, -0.25) is 0 Å².